The molecule has 3 N–H and O–H groups in total. The fourth-order valence-electron chi connectivity index (χ4n) is 6.14. The van der Waals surface area contributed by atoms with Crippen molar-refractivity contribution in [3.8, 4) is 5.75 Å². The van der Waals surface area contributed by atoms with E-state index in [1.807, 2.05) is 42.5 Å². The van der Waals surface area contributed by atoms with Crippen LogP contribution in [0.3, 0.4) is 0 Å². The maximum absolute atomic E-state index is 12.2. The van der Waals surface area contributed by atoms with Crippen LogP contribution in [0.5, 0.6) is 5.75 Å². The van der Waals surface area contributed by atoms with E-state index in [0.717, 1.165) is 31.2 Å². The molecular weight excluding hydrogens is 450 g/mol. The normalized spacial score (nSPS) is 24.8. The summed E-state index contributed by atoms with van der Waals surface area (Å²) in [6, 6.07) is 19.4. The Bertz CT molecular complexity index is 961. The van der Waals surface area contributed by atoms with Crippen molar-refractivity contribution in [2.75, 3.05) is 43.5 Å². The number of piperidine rings is 1. The smallest absolute Gasteiger partial charge is 0.262 e. The van der Waals surface area contributed by atoms with E-state index >= 15 is 0 Å². The summed E-state index contributed by atoms with van der Waals surface area (Å²) in [5.74, 6) is 1.32. The van der Waals surface area contributed by atoms with Crippen molar-refractivity contribution in [1.29, 1.82) is 0 Å². The predicted molar refractivity (Wildman–Crippen MR) is 145 cm³/mol. The number of anilines is 2. The minimum atomic E-state index is -0.155. The molecule has 3 unspecified atom stereocenters. The quantitative estimate of drug-likeness (QED) is 0.518. The van der Waals surface area contributed by atoms with E-state index in [1.54, 1.807) is 0 Å². The molecule has 2 aromatic carbocycles. The highest BCUT2D eigenvalue weighted by atomic mass is 16.5. The van der Waals surface area contributed by atoms with Gasteiger partial charge in [0.15, 0.2) is 6.61 Å². The maximum Gasteiger partial charge on any atom is 0.262 e. The summed E-state index contributed by atoms with van der Waals surface area (Å²) >= 11 is 0. The number of nitrogens with zero attached hydrogens (tertiary/aromatic N) is 2. The lowest BCUT2D eigenvalue weighted by Crippen LogP contribution is -2.48. The molecule has 1 amide bonds. The largest absolute Gasteiger partial charge is 0.484 e. The van der Waals surface area contributed by atoms with Crippen LogP contribution in [-0.4, -0.2) is 62.2 Å². The van der Waals surface area contributed by atoms with Crippen LogP contribution in [0.4, 0.5) is 11.4 Å². The molecule has 0 spiro atoms. The van der Waals surface area contributed by atoms with Crippen molar-refractivity contribution < 1.29 is 9.53 Å². The third-order valence-corrected chi connectivity index (χ3v) is 8.24. The van der Waals surface area contributed by atoms with Gasteiger partial charge < -0.3 is 19.9 Å². The first-order valence-electron chi connectivity index (χ1n) is 13.7. The zero-order chi connectivity index (χ0) is 24.7. The number of carbonyl (C=O) groups excluding carboxylic acids is 1. The number of likely N-dealkylation sites (N-methyl/N-ethyl adjacent to an activating group) is 1. The molecule has 2 aliphatic heterocycles. The van der Waals surface area contributed by atoms with Gasteiger partial charge in [0, 0.05) is 49.1 Å². The van der Waals surface area contributed by atoms with Gasteiger partial charge in [0.05, 0.1) is 0 Å². The van der Waals surface area contributed by atoms with Crippen LogP contribution in [0.15, 0.2) is 54.6 Å². The number of ether oxygens (including phenoxy) is 1. The fraction of sp³-hybridized carbons (Fsp3) is 0.552. The highest BCUT2D eigenvalue weighted by Gasteiger charge is 2.37. The summed E-state index contributed by atoms with van der Waals surface area (Å²) in [7, 11) is 2.31. The molecule has 2 aromatic rings. The molecule has 2 saturated heterocycles. The molecule has 0 radical (unpaired) electrons. The molecule has 3 aliphatic rings. The number of hydrogen-bond acceptors (Lipinski definition) is 6. The summed E-state index contributed by atoms with van der Waals surface area (Å²) < 4.78 is 5.53. The molecule has 194 valence electrons. The van der Waals surface area contributed by atoms with Gasteiger partial charge in [0.25, 0.3) is 5.91 Å². The minimum Gasteiger partial charge on any atom is -0.484 e. The van der Waals surface area contributed by atoms with Gasteiger partial charge in [0.1, 0.15) is 5.75 Å². The Morgan fingerprint density at radius 2 is 1.72 bits per heavy atom. The van der Waals surface area contributed by atoms with Gasteiger partial charge in [-0.3, -0.25) is 15.6 Å². The number of amides is 1. The lowest BCUT2D eigenvalue weighted by Gasteiger charge is -2.39. The first-order valence-corrected chi connectivity index (χ1v) is 13.7. The first kappa shape index (κ1) is 25.1. The standard InChI is InChI=1S/C29H41N5O2/c1-33(20-28-26-10-6-3-7-11-27(26)31-32-28)23-16-18-34(19-17-23)24-14-12-22(13-15-24)30-29(35)21-36-25-8-4-2-5-9-25/h2,4-5,8-9,12-15,23,26-28,31-32H,3,6-7,10-11,16-21H2,1H3,(H,30,35). The Balaban J connectivity index is 1.05. The van der Waals surface area contributed by atoms with E-state index in [0.29, 0.717) is 23.9 Å². The molecule has 36 heavy (non-hydrogen) atoms. The van der Waals surface area contributed by atoms with E-state index in [4.69, 9.17) is 4.74 Å². The Kier molecular flexibility index (Phi) is 8.41. The van der Waals surface area contributed by atoms with Crippen molar-refractivity contribution in [3.63, 3.8) is 0 Å². The molecule has 3 atom stereocenters. The van der Waals surface area contributed by atoms with Gasteiger partial charge in [-0.1, -0.05) is 37.5 Å². The summed E-state index contributed by atoms with van der Waals surface area (Å²) in [6.07, 6.45) is 9.18. The molecule has 1 saturated carbocycles. The van der Waals surface area contributed by atoms with Crippen LogP contribution in [-0.2, 0) is 4.79 Å². The molecular formula is C29H41N5O2. The molecule has 7 heteroatoms. The third kappa shape index (κ3) is 6.38. The van der Waals surface area contributed by atoms with E-state index in [-0.39, 0.29) is 12.5 Å². The highest BCUT2D eigenvalue weighted by Crippen LogP contribution is 2.30. The van der Waals surface area contributed by atoms with Gasteiger partial charge in [-0.05, 0) is 75.0 Å². The zero-order valence-corrected chi connectivity index (χ0v) is 21.5. The van der Waals surface area contributed by atoms with Crippen molar-refractivity contribution in [2.45, 2.75) is 63.1 Å². The number of nitrogens with one attached hydrogen (secondary N) is 3. The van der Waals surface area contributed by atoms with Gasteiger partial charge in [0.2, 0.25) is 0 Å². The molecule has 0 aromatic heterocycles. The number of rotatable bonds is 8. The molecule has 5 rings (SSSR count). The first-order chi connectivity index (χ1) is 17.7. The second-order valence-electron chi connectivity index (χ2n) is 10.7. The zero-order valence-electron chi connectivity index (χ0n) is 21.5. The van der Waals surface area contributed by atoms with E-state index < -0.39 is 0 Å². The second-order valence-corrected chi connectivity index (χ2v) is 10.7. The fourth-order valence-corrected chi connectivity index (χ4v) is 6.14. The number of carbonyl (C=O) groups is 1. The van der Waals surface area contributed by atoms with Crippen molar-refractivity contribution in [2.24, 2.45) is 5.92 Å². The number of hydrogen-bond donors (Lipinski definition) is 3. The monoisotopic (exact) mass is 491 g/mol. The third-order valence-electron chi connectivity index (χ3n) is 8.24. The van der Waals surface area contributed by atoms with Crippen LogP contribution < -0.4 is 25.8 Å². The molecule has 3 fully saturated rings. The van der Waals surface area contributed by atoms with Crippen LogP contribution in [0, 0.1) is 5.92 Å². The highest BCUT2D eigenvalue weighted by molar-refractivity contribution is 5.92. The van der Waals surface area contributed by atoms with Crippen LogP contribution >= 0.6 is 0 Å². The molecule has 2 heterocycles. The lowest BCUT2D eigenvalue weighted by atomic mass is 9.89. The van der Waals surface area contributed by atoms with Gasteiger partial charge in [-0.2, -0.15) is 0 Å². The van der Waals surface area contributed by atoms with Gasteiger partial charge >= 0.3 is 0 Å². The van der Waals surface area contributed by atoms with Crippen molar-refractivity contribution >= 4 is 17.3 Å². The van der Waals surface area contributed by atoms with Gasteiger partial charge in [-0.15, -0.1) is 0 Å². The summed E-state index contributed by atoms with van der Waals surface area (Å²) in [6.45, 7) is 3.25. The number of hydrazine groups is 1. The van der Waals surface area contributed by atoms with Crippen molar-refractivity contribution in [3.05, 3.63) is 54.6 Å². The van der Waals surface area contributed by atoms with Crippen LogP contribution in [0.25, 0.3) is 0 Å². The van der Waals surface area contributed by atoms with E-state index in [2.05, 4.69) is 45.1 Å². The topological polar surface area (TPSA) is 68.9 Å². The number of para-hydroxylation sites is 1. The number of fused-ring (bicyclic) bond motifs is 1. The summed E-state index contributed by atoms with van der Waals surface area (Å²) in [5.41, 5.74) is 9.24. The SMILES string of the molecule is CN(CC1NNC2CCCCCC21)C1CCN(c2ccc(NC(=O)COc3ccccc3)cc2)CC1. The molecule has 7 nitrogen and oxygen atoms in total. The van der Waals surface area contributed by atoms with Gasteiger partial charge in [-0.25, -0.2) is 0 Å². The summed E-state index contributed by atoms with van der Waals surface area (Å²) in [4.78, 5) is 17.3. The Morgan fingerprint density at radius 1 is 0.972 bits per heavy atom. The Labute approximate surface area is 215 Å². The van der Waals surface area contributed by atoms with E-state index in [9.17, 15) is 4.79 Å². The Hall–Kier alpha value is -2.61. The Morgan fingerprint density at radius 3 is 2.50 bits per heavy atom. The van der Waals surface area contributed by atoms with Crippen LogP contribution in [0.1, 0.15) is 44.9 Å². The number of benzene rings is 2. The molecule has 0 bridgehead atoms. The predicted octanol–water partition coefficient (Wildman–Crippen LogP) is 4.03. The average Bonchev–Trinajstić information content (AvgIpc) is 3.13. The maximum atomic E-state index is 12.2. The van der Waals surface area contributed by atoms with E-state index in [1.165, 1.54) is 50.6 Å². The minimum absolute atomic E-state index is 0.000633. The van der Waals surface area contributed by atoms with Crippen LogP contribution in [0.2, 0.25) is 0 Å². The summed E-state index contributed by atoms with van der Waals surface area (Å²) in [5, 5.41) is 2.92. The van der Waals surface area contributed by atoms with Crippen molar-refractivity contribution in [1.82, 2.24) is 15.8 Å². The lowest BCUT2D eigenvalue weighted by molar-refractivity contribution is -0.118. The second kappa shape index (κ2) is 12.1. The average molecular weight is 492 g/mol. The molecule has 1 aliphatic carbocycles.